The van der Waals surface area contributed by atoms with Crippen LogP contribution >= 0.6 is 7.60 Å². The fraction of sp³-hybridized carbons (Fsp3) is 0.636. The Morgan fingerprint density at radius 1 is 1.00 bits per heavy atom. The van der Waals surface area contributed by atoms with Crippen molar-refractivity contribution < 1.29 is 23.2 Å². The van der Waals surface area contributed by atoms with Crippen LogP contribution < -0.4 is 0 Å². The molecule has 19 heavy (non-hydrogen) atoms. The summed E-state index contributed by atoms with van der Waals surface area (Å²) in [4.78, 5) is 26.5. The van der Waals surface area contributed by atoms with Gasteiger partial charge in [0.1, 0.15) is 0 Å². The van der Waals surface area contributed by atoms with Crippen LogP contribution in [0.5, 0.6) is 0 Å². The number of likely N-dealkylation sites (N-methyl/N-ethyl adjacent to an activating group) is 2. The Bertz CT molecular complexity index is 414. The lowest BCUT2D eigenvalue weighted by Gasteiger charge is -2.20. The molecule has 1 aliphatic heterocycles. The highest BCUT2D eigenvalue weighted by atomic mass is 31.2. The van der Waals surface area contributed by atoms with Crippen molar-refractivity contribution >= 4 is 19.4 Å². The van der Waals surface area contributed by atoms with Crippen molar-refractivity contribution in [2.24, 2.45) is 0 Å². The van der Waals surface area contributed by atoms with E-state index in [-0.39, 0.29) is 0 Å². The molecule has 1 rings (SSSR count). The first-order valence-corrected chi connectivity index (χ1v) is 7.35. The Hall–Kier alpha value is -1.17. The summed E-state index contributed by atoms with van der Waals surface area (Å²) in [6.07, 6.45) is -0.876. The predicted octanol–water partition coefficient (Wildman–Crippen LogP) is 0.673. The summed E-state index contributed by atoms with van der Waals surface area (Å²) < 4.78 is 22.6. The third-order valence-corrected chi connectivity index (χ3v) is 4.20. The fourth-order valence-electron chi connectivity index (χ4n) is 1.56. The maximum absolute atomic E-state index is 12.2. The molecule has 0 unspecified atom stereocenters. The second-order valence-electron chi connectivity index (χ2n) is 4.54. The molecule has 0 aromatic rings. The van der Waals surface area contributed by atoms with Crippen molar-refractivity contribution in [3.8, 4) is 0 Å². The van der Waals surface area contributed by atoms with E-state index in [4.69, 9.17) is 9.05 Å². The smallest absolute Gasteiger partial charge is 0.346 e. The minimum absolute atomic E-state index is 0.456. The van der Waals surface area contributed by atoms with E-state index in [9.17, 15) is 14.2 Å². The number of hydrogen-bond donors (Lipinski definition) is 0. The van der Waals surface area contributed by atoms with E-state index < -0.39 is 31.6 Å². The highest BCUT2D eigenvalue weighted by Crippen LogP contribution is 2.58. The molecule has 0 spiro atoms. The van der Waals surface area contributed by atoms with Gasteiger partial charge >= 0.3 is 7.60 Å². The van der Waals surface area contributed by atoms with Gasteiger partial charge < -0.3 is 9.80 Å². The molecule has 0 aromatic heterocycles. The van der Waals surface area contributed by atoms with Gasteiger partial charge in [0.05, 0.1) is 0 Å². The van der Waals surface area contributed by atoms with Gasteiger partial charge in [-0.25, -0.2) is 0 Å². The van der Waals surface area contributed by atoms with Crippen LogP contribution in [0.15, 0.2) is 11.9 Å². The Morgan fingerprint density at radius 2 is 1.37 bits per heavy atom. The van der Waals surface area contributed by atoms with Crippen LogP contribution in [0.1, 0.15) is 6.92 Å². The molecule has 0 bridgehead atoms. The minimum Gasteiger partial charge on any atom is -0.346 e. The molecule has 2 atom stereocenters. The molecular formula is C11H19N2O5P. The summed E-state index contributed by atoms with van der Waals surface area (Å²) in [6.45, 7) is 1.65. The average molecular weight is 290 g/mol. The number of amides is 2. The third-order valence-electron chi connectivity index (χ3n) is 2.50. The lowest BCUT2D eigenvalue weighted by Crippen LogP contribution is -2.47. The van der Waals surface area contributed by atoms with Crippen LogP contribution in [0.2, 0.25) is 0 Å². The Balaban J connectivity index is 3.07. The molecule has 108 valence electrons. The zero-order chi connectivity index (χ0) is 14.8. The monoisotopic (exact) mass is 290 g/mol. The van der Waals surface area contributed by atoms with Crippen LogP contribution in [0, 0.1) is 0 Å². The van der Waals surface area contributed by atoms with Crippen molar-refractivity contribution in [2.45, 2.75) is 19.1 Å². The summed E-state index contributed by atoms with van der Waals surface area (Å²) in [7, 11) is 2.57. The third kappa shape index (κ3) is 3.43. The van der Waals surface area contributed by atoms with Crippen LogP contribution in [0.3, 0.4) is 0 Å². The van der Waals surface area contributed by atoms with Gasteiger partial charge in [-0.1, -0.05) is 6.08 Å². The van der Waals surface area contributed by atoms with Gasteiger partial charge in [-0.05, 0) is 6.92 Å². The Morgan fingerprint density at radius 3 is 1.63 bits per heavy atom. The largest absolute Gasteiger partial charge is 0.355 e. The molecule has 2 amide bonds. The van der Waals surface area contributed by atoms with E-state index in [0.717, 1.165) is 0 Å². The highest BCUT2D eigenvalue weighted by Gasteiger charge is 2.51. The van der Waals surface area contributed by atoms with Crippen molar-refractivity contribution in [2.75, 3.05) is 28.2 Å². The zero-order valence-electron chi connectivity index (χ0n) is 11.7. The molecule has 1 aliphatic rings. The molecule has 0 radical (unpaired) electrons. The Kier molecular flexibility index (Phi) is 4.90. The van der Waals surface area contributed by atoms with Crippen LogP contribution in [0.25, 0.3) is 0 Å². The summed E-state index contributed by atoms with van der Waals surface area (Å²) in [5, 5.41) is 0. The summed E-state index contributed by atoms with van der Waals surface area (Å²) >= 11 is 0. The first kappa shape index (κ1) is 15.9. The SMILES string of the molecule is CC=CP1(=O)O[C@@H](C(=O)N(C)C)[C@H](C(=O)N(C)C)O1. The average Bonchev–Trinajstić information content (AvgIpc) is 2.65. The number of carbonyl (C=O) groups is 2. The maximum Gasteiger partial charge on any atom is 0.355 e. The highest BCUT2D eigenvalue weighted by molar-refractivity contribution is 7.57. The van der Waals surface area contributed by atoms with Gasteiger partial charge in [0.15, 0.2) is 12.2 Å². The van der Waals surface area contributed by atoms with E-state index in [1.54, 1.807) is 6.92 Å². The zero-order valence-corrected chi connectivity index (χ0v) is 12.6. The molecule has 0 N–H and O–H groups in total. The second-order valence-corrected chi connectivity index (χ2v) is 6.34. The molecular weight excluding hydrogens is 271 g/mol. The molecule has 7 nitrogen and oxygen atoms in total. The predicted molar refractivity (Wildman–Crippen MR) is 69.6 cm³/mol. The maximum atomic E-state index is 12.2. The first-order valence-electron chi connectivity index (χ1n) is 5.74. The molecule has 1 fully saturated rings. The van der Waals surface area contributed by atoms with Gasteiger partial charge in [-0.2, -0.15) is 0 Å². The van der Waals surface area contributed by atoms with E-state index in [1.165, 1.54) is 49.9 Å². The van der Waals surface area contributed by atoms with Gasteiger partial charge in [0.2, 0.25) is 0 Å². The number of nitrogens with zero attached hydrogens (tertiary/aromatic N) is 2. The van der Waals surface area contributed by atoms with Crippen molar-refractivity contribution in [3.05, 3.63) is 11.9 Å². The lowest BCUT2D eigenvalue weighted by atomic mass is 10.1. The quantitative estimate of drug-likeness (QED) is 0.714. The molecule has 8 heteroatoms. The molecule has 1 heterocycles. The van der Waals surface area contributed by atoms with E-state index >= 15 is 0 Å². The van der Waals surface area contributed by atoms with Crippen molar-refractivity contribution in [3.63, 3.8) is 0 Å². The van der Waals surface area contributed by atoms with Crippen LogP contribution in [-0.2, 0) is 23.2 Å². The fourth-order valence-corrected chi connectivity index (χ4v) is 3.15. The normalized spacial score (nSPS) is 25.5. The summed E-state index contributed by atoms with van der Waals surface area (Å²) in [5.74, 6) is 0.330. The molecule has 1 saturated heterocycles. The summed E-state index contributed by atoms with van der Waals surface area (Å²) in [5.41, 5.74) is 0. The Labute approximate surface area is 112 Å². The van der Waals surface area contributed by atoms with Gasteiger partial charge in [-0.3, -0.25) is 23.2 Å². The summed E-state index contributed by atoms with van der Waals surface area (Å²) in [6, 6.07) is 0. The second kappa shape index (κ2) is 5.86. The van der Waals surface area contributed by atoms with Gasteiger partial charge in [0.25, 0.3) is 11.8 Å². The van der Waals surface area contributed by atoms with Gasteiger partial charge in [-0.15, -0.1) is 0 Å². The van der Waals surface area contributed by atoms with Crippen molar-refractivity contribution in [1.82, 2.24) is 9.80 Å². The molecule has 0 aromatic carbocycles. The number of carbonyl (C=O) groups excluding carboxylic acids is 2. The number of rotatable bonds is 3. The van der Waals surface area contributed by atoms with Crippen LogP contribution in [0.4, 0.5) is 0 Å². The minimum atomic E-state index is -3.55. The van der Waals surface area contributed by atoms with E-state index in [0.29, 0.717) is 0 Å². The topological polar surface area (TPSA) is 76.2 Å². The van der Waals surface area contributed by atoms with Crippen LogP contribution in [-0.4, -0.2) is 62.0 Å². The van der Waals surface area contributed by atoms with Gasteiger partial charge in [0, 0.05) is 34.0 Å². The first-order chi connectivity index (χ1) is 8.72. The molecule has 0 aliphatic carbocycles. The standard InChI is InChI=1S/C11H19N2O5P/c1-6-7-19(16)17-8(10(14)12(2)3)9(18-19)11(15)13(4)5/h6-9H,1-5H3/t8-,9-/m1/s1. The van der Waals surface area contributed by atoms with Crippen molar-refractivity contribution in [1.29, 1.82) is 0 Å². The lowest BCUT2D eigenvalue weighted by molar-refractivity contribution is -0.146. The molecule has 0 saturated carbocycles. The number of hydrogen-bond acceptors (Lipinski definition) is 5. The van der Waals surface area contributed by atoms with E-state index in [1.807, 2.05) is 0 Å². The number of allylic oxidation sites excluding steroid dienone is 1. The van der Waals surface area contributed by atoms with E-state index in [2.05, 4.69) is 0 Å².